The van der Waals surface area contributed by atoms with E-state index in [0.29, 0.717) is 11.6 Å². The zero-order chi connectivity index (χ0) is 16.5. The Kier molecular flexibility index (Phi) is 4.09. The van der Waals surface area contributed by atoms with Gasteiger partial charge in [0.25, 0.3) is 0 Å². The van der Waals surface area contributed by atoms with Crippen LogP contribution in [0.25, 0.3) is 11.4 Å². The second-order valence-corrected chi connectivity index (χ2v) is 7.05. The number of nitrogens with zero attached hydrogens (tertiary/aromatic N) is 4. The highest BCUT2D eigenvalue weighted by Gasteiger charge is 2.37. The Morgan fingerprint density at radius 2 is 1.36 bits per heavy atom. The van der Waals surface area contributed by atoms with E-state index >= 15 is 0 Å². The Bertz CT molecular complexity index is 667. The van der Waals surface area contributed by atoms with Crippen LogP contribution < -0.4 is 0 Å². The van der Waals surface area contributed by atoms with Crippen molar-refractivity contribution in [1.82, 2.24) is 20.4 Å². The summed E-state index contributed by atoms with van der Waals surface area (Å²) in [5, 5.41) is 15.9. The van der Waals surface area contributed by atoms with Crippen molar-refractivity contribution in [2.75, 3.05) is 0 Å². The molecule has 0 N–H and O–H groups in total. The first-order valence-corrected chi connectivity index (χ1v) is 7.32. The maximum absolute atomic E-state index is 12.6. The summed E-state index contributed by atoms with van der Waals surface area (Å²) in [4.78, 5) is 12.6. The van der Waals surface area contributed by atoms with E-state index in [9.17, 15) is 4.79 Å². The van der Waals surface area contributed by atoms with Crippen LogP contribution in [0.15, 0.2) is 24.3 Å². The fourth-order valence-electron chi connectivity index (χ4n) is 2.50. The number of hydrogen-bond donors (Lipinski definition) is 0. The minimum absolute atomic E-state index is 0.211. The SMILES string of the molecule is Cc1nnc(-c2ccc(C(C)(C)C(=O)C(C)(C)C)cc2)nn1. The maximum atomic E-state index is 12.6. The van der Waals surface area contributed by atoms with Gasteiger partial charge < -0.3 is 0 Å². The predicted molar refractivity (Wildman–Crippen MR) is 85.3 cm³/mol. The summed E-state index contributed by atoms with van der Waals surface area (Å²) in [5.74, 6) is 1.23. The van der Waals surface area contributed by atoms with Gasteiger partial charge in [-0.3, -0.25) is 4.79 Å². The number of aryl methyl sites for hydroxylation is 1. The fourth-order valence-corrected chi connectivity index (χ4v) is 2.50. The van der Waals surface area contributed by atoms with Gasteiger partial charge >= 0.3 is 0 Å². The molecule has 5 heteroatoms. The Labute approximate surface area is 131 Å². The van der Waals surface area contributed by atoms with E-state index in [1.54, 1.807) is 6.92 Å². The normalized spacial score (nSPS) is 12.3. The standard InChI is InChI=1S/C17H22N4O/c1-11-18-20-14(21-19-11)12-7-9-13(10-8-12)17(5,6)15(22)16(2,3)4/h7-10H,1-6H3. The number of aromatic nitrogens is 4. The summed E-state index contributed by atoms with van der Waals surface area (Å²) < 4.78 is 0. The van der Waals surface area contributed by atoms with Gasteiger partial charge in [0.2, 0.25) is 5.82 Å². The van der Waals surface area contributed by atoms with Gasteiger partial charge in [-0.25, -0.2) is 0 Å². The first kappa shape index (κ1) is 16.2. The molecule has 0 amide bonds. The third kappa shape index (κ3) is 3.18. The van der Waals surface area contributed by atoms with Crippen molar-refractivity contribution in [3.8, 4) is 11.4 Å². The summed E-state index contributed by atoms with van der Waals surface area (Å²) in [6, 6.07) is 7.70. The predicted octanol–water partition coefficient (Wildman–Crippen LogP) is 3.13. The molecule has 0 bridgehead atoms. The topological polar surface area (TPSA) is 68.6 Å². The molecule has 0 saturated carbocycles. The van der Waals surface area contributed by atoms with Crippen LogP contribution in [0.4, 0.5) is 0 Å². The molecule has 0 aliphatic heterocycles. The minimum Gasteiger partial charge on any atom is -0.298 e. The molecular formula is C17H22N4O. The molecule has 5 nitrogen and oxygen atoms in total. The van der Waals surface area contributed by atoms with E-state index in [1.807, 2.05) is 58.9 Å². The molecular weight excluding hydrogens is 276 g/mol. The molecule has 0 spiro atoms. The largest absolute Gasteiger partial charge is 0.298 e. The van der Waals surface area contributed by atoms with E-state index in [-0.39, 0.29) is 11.2 Å². The number of ketones is 1. The molecule has 0 saturated heterocycles. The zero-order valence-electron chi connectivity index (χ0n) is 14.0. The van der Waals surface area contributed by atoms with Crippen molar-refractivity contribution < 1.29 is 4.79 Å². The Balaban J connectivity index is 2.32. The van der Waals surface area contributed by atoms with Crippen molar-refractivity contribution in [1.29, 1.82) is 0 Å². The lowest BCUT2D eigenvalue weighted by Crippen LogP contribution is -2.38. The van der Waals surface area contributed by atoms with Gasteiger partial charge in [-0.05, 0) is 26.3 Å². The molecule has 2 aromatic rings. The third-order valence-corrected chi connectivity index (χ3v) is 3.69. The summed E-state index contributed by atoms with van der Waals surface area (Å²) in [7, 11) is 0. The lowest BCUT2D eigenvalue weighted by molar-refractivity contribution is -0.131. The van der Waals surface area contributed by atoms with Crippen LogP contribution in [0, 0.1) is 12.3 Å². The van der Waals surface area contributed by atoms with Crippen molar-refractivity contribution in [3.05, 3.63) is 35.7 Å². The van der Waals surface area contributed by atoms with Gasteiger partial charge in [-0.1, -0.05) is 45.0 Å². The van der Waals surface area contributed by atoms with Crippen LogP contribution in [-0.4, -0.2) is 26.2 Å². The van der Waals surface area contributed by atoms with Gasteiger partial charge in [-0.2, -0.15) is 0 Å². The Morgan fingerprint density at radius 1 is 0.864 bits per heavy atom. The van der Waals surface area contributed by atoms with Crippen LogP contribution in [0.1, 0.15) is 46.0 Å². The number of carbonyl (C=O) groups excluding carboxylic acids is 1. The summed E-state index contributed by atoms with van der Waals surface area (Å²) >= 11 is 0. The van der Waals surface area contributed by atoms with Crippen molar-refractivity contribution in [3.63, 3.8) is 0 Å². The highest BCUT2D eigenvalue weighted by atomic mass is 16.1. The van der Waals surface area contributed by atoms with Crippen molar-refractivity contribution in [2.45, 2.75) is 47.0 Å². The smallest absolute Gasteiger partial charge is 0.203 e. The van der Waals surface area contributed by atoms with E-state index in [0.717, 1.165) is 11.1 Å². The molecule has 22 heavy (non-hydrogen) atoms. The second-order valence-electron chi connectivity index (χ2n) is 7.05. The minimum atomic E-state index is -0.540. The first-order valence-electron chi connectivity index (χ1n) is 7.32. The third-order valence-electron chi connectivity index (χ3n) is 3.69. The molecule has 116 valence electrons. The van der Waals surface area contributed by atoms with Gasteiger partial charge in [0.1, 0.15) is 5.78 Å². The summed E-state index contributed by atoms with van der Waals surface area (Å²) in [6.45, 7) is 11.5. The molecule has 0 fully saturated rings. The zero-order valence-corrected chi connectivity index (χ0v) is 14.0. The maximum Gasteiger partial charge on any atom is 0.203 e. The van der Waals surface area contributed by atoms with E-state index in [4.69, 9.17) is 0 Å². The fraction of sp³-hybridized carbons (Fsp3) is 0.471. The van der Waals surface area contributed by atoms with Gasteiger partial charge in [-0.15, -0.1) is 20.4 Å². The average molecular weight is 298 g/mol. The summed E-state index contributed by atoms with van der Waals surface area (Å²) in [5.41, 5.74) is 0.893. The van der Waals surface area contributed by atoms with Crippen molar-refractivity contribution in [2.24, 2.45) is 5.41 Å². The molecule has 2 rings (SSSR count). The molecule has 0 atom stereocenters. The van der Waals surface area contributed by atoms with Crippen LogP contribution in [0.5, 0.6) is 0 Å². The van der Waals surface area contributed by atoms with Crippen molar-refractivity contribution >= 4 is 5.78 Å². The number of hydrogen-bond acceptors (Lipinski definition) is 5. The highest BCUT2D eigenvalue weighted by Crippen LogP contribution is 2.33. The van der Waals surface area contributed by atoms with E-state index < -0.39 is 5.41 Å². The number of carbonyl (C=O) groups is 1. The molecule has 1 aromatic heterocycles. The number of rotatable bonds is 3. The lowest BCUT2D eigenvalue weighted by atomic mass is 9.71. The van der Waals surface area contributed by atoms with Crippen LogP contribution in [0.2, 0.25) is 0 Å². The monoisotopic (exact) mass is 298 g/mol. The molecule has 1 heterocycles. The van der Waals surface area contributed by atoms with E-state index in [2.05, 4.69) is 20.4 Å². The molecule has 1 aromatic carbocycles. The Morgan fingerprint density at radius 3 is 1.82 bits per heavy atom. The molecule has 0 aliphatic rings. The summed E-state index contributed by atoms with van der Waals surface area (Å²) in [6.07, 6.45) is 0. The lowest BCUT2D eigenvalue weighted by Gasteiger charge is -2.31. The van der Waals surface area contributed by atoms with Crippen LogP contribution >= 0.6 is 0 Å². The van der Waals surface area contributed by atoms with Gasteiger partial charge in [0.05, 0.1) is 0 Å². The Hall–Kier alpha value is -2.17. The first-order chi connectivity index (χ1) is 10.1. The highest BCUT2D eigenvalue weighted by molar-refractivity contribution is 5.93. The quantitative estimate of drug-likeness (QED) is 0.870. The van der Waals surface area contributed by atoms with Gasteiger partial charge in [0, 0.05) is 16.4 Å². The number of benzene rings is 1. The molecule has 0 radical (unpaired) electrons. The number of Topliss-reactive ketones (excluding diaryl/α,β-unsaturated/α-hetero) is 1. The molecule has 0 aliphatic carbocycles. The van der Waals surface area contributed by atoms with Crippen LogP contribution in [-0.2, 0) is 10.2 Å². The molecule has 0 unspecified atom stereocenters. The van der Waals surface area contributed by atoms with Crippen LogP contribution in [0.3, 0.4) is 0 Å². The second kappa shape index (κ2) is 5.55. The average Bonchev–Trinajstić information content (AvgIpc) is 2.46. The van der Waals surface area contributed by atoms with Gasteiger partial charge in [0.15, 0.2) is 5.82 Å². The van der Waals surface area contributed by atoms with E-state index in [1.165, 1.54) is 0 Å².